The lowest BCUT2D eigenvalue weighted by atomic mass is 9.78. The molecule has 0 aromatic heterocycles. The van der Waals surface area contributed by atoms with Gasteiger partial charge >= 0.3 is 0 Å². The van der Waals surface area contributed by atoms with Gasteiger partial charge in [-0.05, 0) is 42.0 Å². The summed E-state index contributed by atoms with van der Waals surface area (Å²) in [7, 11) is -0.932. The Hall–Kier alpha value is -3.11. The zero-order valence-corrected chi connectivity index (χ0v) is 32.3. The van der Waals surface area contributed by atoms with Gasteiger partial charge < -0.3 is 43.0 Å². The van der Waals surface area contributed by atoms with Gasteiger partial charge in [0.15, 0.2) is 26.2 Å². The molecule has 0 bridgehead atoms. The average Bonchev–Trinajstić information content (AvgIpc) is 3.13. The molecule has 3 aromatic rings. The number of sulfonamides is 1. The maximum absolute atomic E-state index is 13.9. The molecule has 0 amide bonds. The SMILES string of the molecule is CCN(CC)S(=O)(=O)c1cccc(C(O)(c2cc(C3OCC(C)(C)CO3)ccc2OCOC)c2cc(C3OCC(C)(C)CO3)ccc2OCOC)c1. The predicted octanol–water partition coefficient (Wildman–Crippen LogP) is 6.11. The van der Waals surface area contributed by atoms with E-state index in [1.54, 1.807) is 50.2 Å². The van der Waals surface area contributed by atoms with Crippen molar-refractivity contribution in [3.63, 3.8) is 0 Å². The lowest BCUT2D eigenvalue weighted by Crippen LogP contribution is -2.35. The van der Waals surface area contributed by atoms with Crippen molar-refractivity contribution in [3.05, 3.63) is 88.5 Å². The van der Waals surface area contributed by atoms with Gasteiger partial charge in [0.2, 0.25) is 10.0 Å². The number of hydrogen-bond donors (Lipinski definition) is 1. The second kappa shape index (κ2) is 16.5. The van der Waals surface area contributed by atoms with E-state index in [2.05, 4.69) is 27.7 Å². The summed E-state index contributed by atoms with van der Waals surface area (Å²) in [5, 5.41) is 13.6. The van der Waals surface area contributed by atoms with Crippen LogP contribution in [-0.4, -0.2) is 85.2 Å². The van der Waals surface area contributed by atoms with E-state index < -0.39 is 28.2 Å². The molecule has 0 atom stereocenters. The van der Waals surface area contributed by atoms with Gasteiger partial charge in [-0.1, -0.05) is 65.8 Å². The van der Waals surface area contributed by atoms with E-state index >= 15 is 0 Å². The first-order valence-corrected chi connectivity index (χ1v) is 18.9. The summed E-state index contributed by atoms with van der Waals surface area (Å²) in [5.74, 6) is 0.549. The van der Waals surface area contributed by atoms with E-state index in [1.165, 1.54) is 30.7 Å². The Morgan fingerprint density at radius 1 is 0.731 bits per heavy atom. The average molecular weight is 744 g/mol. The molecule has 2 aliphatic rings. The molecule has 0 unspecified atom stereocenters. The number of ether oxygens (including phenoxy) is 8. The summed E-state index contributed by atoms with van der Waals surface area (Å²) in [4.78, 5) is 0.0144. The highest BCUT2D eigenvalue weighted by atomic mass is 32.2. The van der Waals surface area contributed by atoms with Gasteiger partial charge in [-0.2, -0.15) is 4.31 Å². The molecular formula is C39H53NO11S. The first kappa shape index (κ1) is 40.1. The van der Waals surface area contributed by atoms with Gasteiger partial charge in [-0.15, -0.1) is 0 Å². The van der Waals surface area contributed by atoms with E-state index in [-0.39, 0.29) is 70.6 Å². The summed E-state index contributed by atoms with van der Waals surface area (Å²) in [6.45, 7) is 13.9. The van der Waals surface area contributed by atoms with Crippen molar-refractivity contribution in [1.29, 1.82) is 0 Å². The van der Waals surface area contributed by atoms with Gasteiger partial charge in [-0.3, -0.25) is 0 Å². The van der Waals surface area contributed by atoms with Crippen molar-refractivity contribution in [2.24, 2.45) is 10.8 Å². The molecule has 5 rings (SSSR count). The highest BCUT2D eigenvalue weighted by Crippen LogP contribution is 2.48. The molecule has 2 fully saturated rings. The molecule has 3 aromatic carbocycles. The van der Waals surface area contributed by atoms with Crippen LogP contribution in [0.25, 0.3) is 0 Å². The number of aliphatic hydroxyl groups is 1. The highest BCUT2D eigenvalue weighted by Gasteiger charge is 2.42. The minimum atomic E-state index is -3.93. The fourth-order valence-corrected chi connectivity index (χ4v) is 7.77. The zero-order chi connectivity index (χ0) is 37.7. The molecule has 13 heteroatoms. The van der Waals surface area contributed by atoms with Crippen molar-refractivity contribution in [1.82, 2.24) is 4.31 Å². The van der Waals surface area contributed by atoms with Gasteiger partial charge in [-0.25, -0.2) is 8.42 Å². The number of rotatable bonds is 15. The number of nitrogens with zero attached hydrogens (tertiary/aromatic N) is 1. The number of methoxy groups -OCH3 is 2. The fraction of sp³-hybridized carbons (Fsp3) is 0.538. The maximum atomic E-state index is 13.9. The van der Waals surface area contributed by atoms with Crippen LogP contribution >= 0.6 is 0 Å². The molecule has 1 N–H and O–H groups in total. The van der Waals surface area contributed by atoms with Crippen LogP contribution in [0.2, 0.25) is 0 Å². The smallest absolute Gasteiger partial charge is 0.243 e. The van der Waals surface area contributed by atoms with E-state index in [0.29, 0.717) is 37.6 Å². The third kappa shape index (κ3) is 8.64. The van der Waals surface area contributed by atoms with Crippen LogP contribution in [0.15, 0.2) is 65.6 Å². The molecule has 2 heterocycles. The van der Waals surface area contributed by atoms with Gasteiger partial charge in [0.1, 0.15) is 17.1 Å². The topological polar surface area (TPSA) is 131 Å². The van der Waals surface area contributed by atoms with Gasteiger partial charge in [0, 0.05) is 60.4 Å². The van der Waals surface area contributed by atoms with Crippen molar-refractivity contribution < 1.29 is 51.4 Å². The Bertz CT molecular complexity index is 1670. The van der Waals surface area contributed by atoms with E-state index in [1.807, 2.05) is 12.1 Å². The van der Waals surface area contributed by atoms with Crippen LogP contribution in [0.1, 0.15) is 81.9 Å². The Balaban J connectivity index is 1.79. The monoisotopic (exact) mass is 743 g/mol. The van der Waals surface area contributed by atoms with E-state index in [4.69, 9.17) is 37.9 Å². The first-order valence-electron chi connectivity index (χ1n) is 17.5. The van der Waals surface area contributed by atoms with Crippen molar-refractivity contribution >= 4 is 10.0 Å². The van der Waals surface area contributed by atoms with Gasteiger partial charge in [0.05, 0.1) is 31.3 Å². The summed E-state index contributed by atoms with van der Waals surface area (Å²) in [6.07, 6.45) is -1.46. The molecule has 52 heavy (non-hydrogen) atoms. The van der Waals surface area contributed by atoms with Crippen LogP contribution in [0.3, 0.4) is 0 Å². The van der Waals surface area contributed by atoms with Crippen molar-refractivity contribution in [2.45, 2.75) is 64.6 Å². The minimum Gasteiger partial charge on any atom is -0.467 e. The molecule has 12 nitrogen and oxygen atoms in total. The van der Waals surface area contributed by atoms with E-state index in [0.717, 1.165) is 0 Å². The van der Waals surface area contributed by atoms with Crippen LogP contribution in [-0.2, 0) is 44.0 Å². The Morgan fingerprint density at radius 3 is 1.58 bits per heavy atom. The first-order chi connectivity index (χ1) is 24.7. The third-order valence-electron chi connectivity index (χ3n) is 9.09. The minimum absolute atomic E-state index is 0.0144. The van der Waals surface area contributed by atoms with E-state index in [9.17, 15) is 13.5 Å². The second-order valence-electron chi connectivity index (χ2n) is 14.7. The summed E-state index contributed by atoms with van der Waals surface area (Å²) >= 11 is 0. The summed E-state index contributed by atoms with van der Waals surface area (Å²) in [5.41, 5.74) is -0.456. The van der Waals surface area contributed by atoms with Crippen LogP contribution < -0.4 is 9.47 Å². The van der Waals surface area contributed by atoms with Crippen molar-refractivity contribution in [2.75, 3.05) is 67.3 Å². The quantitative estimate of drug-likeness (QED) is 0.143. The normalized spacial score (nSPS) is 18.4. The van der Waals surface area contributed by atoms with Crippen LogP contribution in [0.4, 0.5) is 0 Å². The Labute approximate surface area is 307 Å². The van der Waals surface area contributed by atoms with Crippen LogP contribution in [0, 0.1) is 10.8 Å². The number of benzene rings is 3. The standard InChI is InChI=1S/C39H53NO11S/c1-9-40(10-2)52(42,43)30-13-11-12-29(20-30)39(41,31-18-27(14-16-33(31)50-25-44-7)35-46-21-37(3,4)22-47-35)32-19-28(15-17-34(32)51-26-45-8)36-48-23-38(5,6)24-49-36/h11-20,35-36,41H,9-10,21-26H2,1-8H3. The summed E-state index contributed by atoms with van der Waals surface area (Å²) in [6, 6.07) is 16.8. The van der Waals surface area contributed by atoms with Crippen LogP contribution in [0.5, 0.6) is 11.5 Å². The molecule has 0 aliphatic carbocycles. The number of hydrogen-bond acceptors (Lipinski definition) is 11. The largest absolute Gasteiger partial charge is 0.467 e. The zero-order valence-electron chi connectivity index (χ0n) is 31.5. The molecule has 0 radical (unpaired) electrons. The Morgan fingerprint density at radius 2 is 1.17 bits per heavy atom. The van der Waals surface area contributed by atoms with Crippen molar-refractivity contribution in [3.8, 4) is 11.5 Å². The predicted molar refractivity (Wildman–Crippen MR) is 193 cm³/mol. The molecule has 2 saturated heterocycles. The van der Waals surface area contributed by atoms with Gasteiger partial charge in [0.25, 0.3) is 0 Å². The third-order valence-corrected chi connectivity index (χ3v) is 11.1. The molecule has 0 saturated carbocycles. The molecule has 0 spiro atoms. The Kier molecular flexibility index (Phi) is 12.7. The molecular weight excluding hydrogens is 690 g/mol. The molecule has 2 aliphatic heterocycles. The molecule has 286 valence electrons. The lowest BCUT2D eigenvalue weighted by molar-refractivity contribution is -0.226. The lowest BCUT2D eigenvalue weighted by Gasteiger charge is -2.37. The highest BCUT2D eigenvalue weighted by molar-refractivity contribution is 7.89. The fourth-order valence-electron chi connectivity index (χ4n) is 6.27. The maximum Gasteiger partial charge on any atom is 0.243 e. The second-order valence-corrected chi connectivity index (χ2v) is 16.6. The summed E-state index contributed by atoms with van der Waals surface area (Å²) < 4.78 is 76.6.